The quantitative estimate of drug-likeness (QED) is 0.312. The molecule has 2 aromatic heterocycles. The predicted molar refractivity (Wildman–Crippen MR) is 127 cm³/mol. The van der Waals surface area contributed by atoms with Crippen molar-refractivity contribution in [2.75, 3.05) is 0 Å². The van der Waals surface area contributed by atoms with Crippen LogP contribution in [0.1, 0.15) is 11.1 Å². The van der Waals surface area contributed by atoms with Crippen LogP contribution in [0.2, 0.25) is 0 Å². The molecule has 8 heteroatoms. The maximum Gasteiger partial charge on any atom is 0.287 e. The highest BCUT2D eigenvalue weighted by molar-refractivity contribution is 8.45. The van der Waals surface area contributed by atoms with E-state index in [1.54, 1.807) is 0 Å². The zero-order valence-electron chi connectivity index (χ0n) is 16.4. The molecule has 1 unspecified atom stereocenters. The molecule has 0 amide bonds. The van der Waals surface area contributed by atoms with Crippen LogP contribution in [0.25, 0.3) is 21.5 Å². The average Bonchev–Trinajstić information content (AvgIpc) is 3.45. The number of hydrogen-bond donors (Lipinski definition) is 0. The first-order valence-corrected chi connectivity index (χ1v) is 12.7. The van der Waals surface area contributed by atoms with Gasteiger partial charge in [-0.2, -0.15) is 7.94 Å². The van der Waals surface area contributed by atoms with Gasteiger partial charge in [0.25, 0.3) is 11.7 Å². The first kappa shape index (κ1) is 16.0. The SMILES string of the molecule is ClS12n3c4c5ccccc5c3N=c3c5ccccc5c(n31)=NC1=[N+]2C(=N4)c2ccccc21. The Labute approximate surface area is 187 Å². The first-order chi connectivity index (χ1) is 15.8. The van der Waals surface area contributed by atoms with Crippen LogP contribution < -0.4 is 11.0 Å². The Morgan fingerprint density at radius 2 is 1.19 bits per heavy atom. The molecule has 0 saturated heterocycles. The molecular formula is C24H12ClN6S+. The van der Waals surface area contributed by atoms with E-state index in [9.17, 15) is 0 Å². The van der Waals surface area contributed by atoms with Crippen molar-refractivity contribution in [2.24, 2.45) is 15.0 Å². The number of hydrogen-bond acceptors (Lipinski definition) is 3. The minimum atomic E-state index is -2.31. The molecule has 0 bridgehead atoms. The number of benzene rings is 3. The second-order valence-electron chi connectivity index (χ2n) is 8.25. The monoisotopic (exact) mass is 451 g/mol. The summed E-state index contributed by atoms with van der Waals surface area (Å²) in [6, 6.07) is 24.9. The summed E-state index contributed by atoms with van der Waals surface area (Å²) in [5.41, 5.74) is 3.86. The van der Waals surface area contributed by atoms with Crippen molar-refractivity contribution in [3.05, 3.63) is 94.9 Å². The molecule has 0 N–H and O–H groups in total. The molecule has 0 radical (unpaired) electrons. The lowest BCUT2D eigenvalue weighted by Gasteiger charge is -2.39. The molecule has 6 heterocycles. The van der Waals surface area contributed by atoms with Gasteiger partial charge in [-0.15, -0.1) is 3.98 Å². The fourth-order valence-electron chi connectivity index (χ4n) is 5.42. The van der Waals surface area contributed by atoms with Gasteiger partial charge in [-0.05, 0) is 24.3 Å². The maximum atomic E-state index is 7.86. The van der Waals surface area contributed by atoms with Gasteiger partial charge in [0.2, 0.25) is 11.3 Å². The van der Waals surface area contributed by atoms with Crippen LogP contribution in [-0.4, -0.2) is 23.6 Å². The molecule has 150 valence electrons. The largest absolute Gasteiger partial charge is 0.287 e. The second kappa shape index (κ2) is 4.87. The third kappa shape index (κ3) is 1.47. The molecule has 0 spiro atoms. The molecule has 4 aliphatic heterocycles. The number of fused-ring (bicyclic) bond motifs is 9. The molecule has 3 aromatic carbocycles. The summed E-state index contributed by atoms with van der Waals surface area (Å²) < 4.78 is 6.45. The van der Waals surface area contributed by atoms with Gasteiger partial charge < -0.3 is 0 Å². The van der Waals surface area contributed by atoms with E-state index in [-0.39, 0.29) is 0 Å². The second-order valence-corrected chi connectivity index (χ2v) is 11.5. The van der Waals surface area contributed by atoms with E-state index >= 15 is 0 Å². The molecule has 32 heavy (non-hydrogen) atoms. The molecule has 0 fully saturated rings. The highest BCUT2D eigenvalue weighted by Gasteiger charge is 2.56. The number of rotatable bonds is 0. The summed E-state index contributed by atoms with van der Waals surface area (Å²) in [7, 11) is 5.55. The average molecular weight is 452 g/mol. The van der Waals surface area contributed by atoms with Crippen molar-refractivity contribution in [3.63, 3.8) is 0 Å². The molecule has 0 saturated carbocycles. The lowest BCUT2D eigenvalue weighted by Crippen LogP contribution is -2.46. The fourth-order valence-corrected chi connectivity index (χ4v) is 9.24. The van der Waals surface area contributed by atoms with Crippen LogP contribution in [0.5, 0.6) is 0 Å². The Hall–Kier alpha value is -3.68. The van der Waals surface area contributed by atoms with Gasteiger partial charge in [0.05, 0.1) is 11.1 Å². The smallest absolute Gasteiger partial charge is 0.210 e. The molecular weight excluding hydrogens is 440 g/mol. The number of aliphatic imine (C=N–C) groups is 1. The number of aromatic nitrogens is 2. The Bertz CT molecular complexity index is 1960. The van der Waals surface area contributed by atoms with Gasteiger partial charge in [-0.3, -0.25) is 0 Å². The lowest BCUT2D eigenvalue weighted by atomic mass is 10.1. The van der Waals surface area contributed by atoms with Crippen molar-refractivity contribution in [3.8, 4) is 0 Å². The van der Waals surface area contributed by atoms with Crippen LogP contribution in [-0.2, 0) is 0 Å². The Balaban J connectivity index is 1.66. The molecule has 1 atom stereocenters. The van der Waals surface area contributed by atoms with Crippen molar-refractivity contribution in [1.29, 1.82) is 0 Å². The van der Waals surface area contributed by atoms with E-state index in [4.69, 9.17) is 25.7 Å². The topological polar surface area (TPSA) is 49.9 Å². The predicted octanol–water partition coefficient (Wildman–Crippen LogP) is 4.46. The van der Waals surface area contributed by atoms with Crippen molar-refractivity contribution in [1.82, 2.24) is 7.94 Å². The Morgan fingerprint density at radius 3 is 1.91 bits per heavy atom. The van der Waals surface area contributed by atoms with Gasteiger partial charge in [-0.25, -0.2) is 4.99 Å². The lowest BCUT2D eigenvalue weighted by molar-refractivity contribution is -0.212. The van der Waals surface area contributed by atoms with Gasteiger partial charge >= 0.3 is 0 Å². The summed E-state index contributed by atoms with van der Waals surface area (Å²) in [5.74, 6) is 3.46. The standard InChI is InChI=1S/C24H12ClN6S/c25-32-29-19-13-7-1-2-8-14(13)20(29)27-22-17-11-5-6-12-18(17)24(31(22)32)28-23-16-10-4-3-9-15(16)21(26-19)30(23)32/h1-12H/q+1. The van der Waals surface area contributed by atoms with Crippen molar-refractivity contribution < 1.29 is 3.98 Å². The molecule has 9 rings (SSSR count). The number of amidine groups is 2. The van der Waals surface area contributed by atoms with Gasteiger partial charge in [0.15, 0.2) is 21.1 Å². The van der Waals surface area contributed by atoms with Gasteiger partial charge in [0, 0.05) is 32.2 Å². The zero-order valence-corrected chi connectivity index (χ0v) is 18.0. The number of nitrogens with zero attached hydrogens (tertiary/aromatic N) is 6. The molecule has 4 aliphatic rings. The number of halogens is 1. The van der Waals surface area contributed by atoms with Crippen LogP contribution in [0.3, 0.4) is 0 Å². The van der Waals surface area contributed by atoms with Crippen LogP contribution in [0.4, 0.5) is 11.6 Å². The minimum Gasteiger partial charge on any atom is -0.210 e. The van der Waals surface area contributed by atoms with E-state index in [2.05, 4.69) is 48.3 Å². The maximum absolute atomic E-state index is 7.86. The Morgan fingerprint density at radius 1 is 0.625 bits per heavy atom. The van der Waals surface area contributed by atoms with Gasteiger partial charge in [0.1, 0.15) is 0 Å². The summed E-state index contributed by atoms with van der Waals surface area (Å²) in [6.07, 6.45) is 0. The third-order valence-electron chi connectivity index (χ3n) is 6.71. The first-order valence-electron chi connectivity index (χ1n) is 10.4. The van der Waals surface area contributed by atoms with E-state index in [0.29, 0.717) is 0 Å². The fraction of sp³-hybridized carbons (Fsp3) is 0. The van der Waals surface area contributed by atoms with Gasteiger partial charge in [-0.1, -0.05) is 58.5 Å². The highest BCUT2D eigenvalue weighted by atomic mass is 35.7. The zero-order chi connectivity index (χ0) is 20.8. The van der Waals surface area contributed by atoms with E-state index in [0.717, 1.165) is 67.0 Å². The normalized spacial score (nSPS) is 22.7. The third-order valence-corrected chi connectivity index (χ3v) is 10.4. The van der Waals surface area contributed by atoms with E-state index < -0.39 is 9.80 Å². The van der Waals surface area contributed by atoms with Crippen LogP contribution >= 0.6 is 20.5 Å². The molecule has 6 nitrogen and oxygen atoms in total. The van der Waals surface area contributed by atoms with Crippen molar-refractivity contribution in [2.45, 2.75) is 0 Å². The highest BCUT2D eigenvalue weighted by Crippen LogP contribution is 2.66. The van der Waals surface area contributed by atoms with Crippen molar-refractivity contribution >= 4 is 65.3 Å². The van der Waals surface area contributed by atoms with E-state index in [1.807, 2.05) is 36.4 Å². The minimum absolute atomic E-state index is 0.864. The summed E-state index contributed by atoms with van der Waals surface area (Å²) in [4.78, 5) is 15.5. The Kier molecular flexibility index (Phi) is 2.44. The molecule has 0 aliphatic carbocycles. The molecule has 5 aromatic rings. The summed E-state index contributed by atoms with van der Waals surface area (Å²) in [6.45, 7) is 0. The summed E-state index contributed by atoms with van der Waals surface area (Å²) >= 11 is 0. The van der Waals surface area contributed by atoms with Crippen LogP contribution in [0.15, 0.2) is 87.8 Å². The van der Waals surface area contributed by atoms with E-state index in [1.165, 1.54) is 0 Å². The summed E-state index contributed by atoms with van der Waals surface area (Å²) in [5, 5.41) is 4.26. The van der Waals surface area contributed by atoms with Crippen LogP contribution in [0, 0.1) is 0 Å².